The number of nitrogen functional groups attached to an aromatic ring is 1. The van der Waals surface area contributed by atoms with Crippen LogP contribution < -0.4 is 15.8 Å². The Bertz CT molecular complexity index is 1030. The van der Waals surface area contributed by atoms with Gasteiger partial charge in [0.1, 0.15) is 23.0 Å². The molecule has 0 radical (unpaired) electrons. The SMILES string of the molecule is Cn1nccc1C(=O)Nc1cnc(-c2cc(F)ccc2OC(F)(F)F)c(N)n1. The van der Waals surface area contributed by atoms with Crippen LogP contribution in [0.1, 0.15) is 10.5 Å². The van der Waals surface area contributed by atoms with Gasteiger partial charge in [-0.2, -0.15) is 5.10 Å². The lowest BCUT2D eigenvalue weighted by Gasteiger charge is -2.14. The number of carbonyl (C=O) groups is 1. The van der Waals surface area contributed by atoms with Gasteiger partial charge in [-0.15, -0.1) is 13.2 Å². The minimum Gasteiger partial charge on any atom is -0.405 e. The maximum Gasteiger partial charge on any atom is 0.573 e. The molecule has 12 heteroatoms. The molecule has 0 fully saturated rings. The van der Waals surface area contributed by atoms with E-state index < -0.39 is 23.8 Å². The number of nitrogens with one attached hydrogen (secondary N) is 1. The molecule has 3 N–H and O–H groups in total. The second kappa shape index (κ2) is 7.13. The van der Waals surface area contributed by atoms with Crippen molar-refractivity contribution in [2.45, 2.75) is 6.36 Å². The van der Waals surface area contributed by atoms with Gasteiger partial charge in [0, 0.05) is 18.8 Å². The molecule has 146 valence electrons. The summed E-state index contributed by atoms with van der Waals surface area (Å²) in [5, 5.41) is 6.28. The molecule has 0 saturated heterocycles. The highest BCUT2D eigenvalue weighted by Crippen LogP contribution is 2.35. The topological polar surface area (TPSA) is 108 Å². The summed E-state index contributed by atoms with van der Waals surface area (Å²) in [4.78, 5) is 19.9. The normalized spacial score (nSPS) is 11.3. The fourth-order valence-electron chi connectivity index (χ4n) is 2.35. The summed E-state index contributed by atoms with van der Waals surface area (Å²) >= 11 is 0. The third-order valence-electron chi connectivity index (χ3n) is 3.52. The van der Waals surface area contributed by atoms with E-state index in [0.29, 0.717) is 0 Å². The first-order valence-electron chi connectivity index (χ1n) is 7.61. The van der Waals surface area contributed by atoms with Gasteiger partial charge in [-0.25, -0.2) is 14.4 Å². The number of aromatic nitrogens is 4. The minimum absolute atomic E-state index is 0.0536. The molecule has 2 aromatic heterocycles. The summed E-state index contributed by atoms with van der Waals surface area (Å²) in [7, 11) is 1.56. The molecule has 1 aromatic carbocycles. The Hall–Kier alpha value is -3.70. The van der Waals surface area contributed by atoms with Crippen LogP contribution in [-0.2, 0) is 7.05 Å². The molecule has 8 nitrogen and oxygen atoms in total. The van der Waals surface area contributed by atoms with Crippen LogP contribution in [0.15, 0.2) is 36.7 Å². The van der Waals surface area contributed by atoms with Gasteiger partial charge in [-0.05, 0) is 24.3 Å². The Morgan fingerprint density at radius 1 is 1.29 bits per heavy atom. The maximum absolute atomic E-state index is 13.6. The van der Waals surface area contributed by atoms with Gasteiger partial charge in [0.15, 0.2) is 11.6 Å². The largest absolute Gasteiger partial charge is 0.573 e. The summed E-state index contributed by atoms with van der Waals surface area (Å²) < 4.78 is 56.5. The average molecular weight is 396 g/mol. The molecule has 1 amide bonds. The quantitative estimate of drug-likeness (QED) is 0.657. The second-order valence-corrected chi connectivity index (χ2v) is 5.47. The van der Waals surface area contributed by atoms with E-state index in [4.69, 9.17) is 5.73 Å². The van der Waals surface area contributed by atoms with Gasteiger partial charge < -0.3 is 15.8 Å². The highest BCUT2D eigenvalue weighted by molar-refractivity contribution is 6.02. The average Bonchev–Trinajstić information content (AvgIpc) is 3.02. The highest BCUT2D eigenvalue weighted by atomic mass is 19.4. The van der Waals surface area contributed by atoms with E-state index in [1.165, 1.54) is 16.9 Å². The van der Waals surface area contributed by atoms with E-state index in [1.54, 1.807) is 7.05 Å². The lowest BCUT2D eigenvalue weighted by atomic mass is 10.1. The van der Waals surface area contributed by atoms with Crippen molar-refractivity contribution in [1.29, 1.82) is 0 Å². The Morgan fingerprint density at radius 2 is 2.04 bits per heavy atom. The highest BCUT2D eigenvalue weighted by Gasteiger charge is 2.33. The van der Waals surface area contributed by atoms with Crippen molar-refractivity contribution in [2.24, 2.45) is 7.05 Å². The van der Waals surface area contributed by atoms with Gasteiger partial charge in [0.05, 0.1) is 6.20 Å². The summed E-state index contributed by atoms with van der Waals surface area (Å²) in [5.74, 6) is -2.45. The summed E-state index contributed by atoms with van der Waals surface area (Å²) in [6, 6.07) is 3.86. The third kappa shape index (κ3) is 4.16. The predicted molar refractivity (Wildman–Crippen MR) is 89.7 cm³/mol. The van der Waals surface area contributed by atoms with Crippen molar-refractivity contribution < 1.29 is 27.1 Å². The van der Waals surface area contributed by atoms with Crippen LogP contribution in [0, 0.1) is 5.82 Å². The number of benzene rings is 1. The molecular formula is C16H12F4N6O2. The molecule has 0 saturated carbocycles. The predicted octanol–water partition coefficient (Wildman–Crippen LogP) is 2.75. The van der Waals surface area contributed by atoms with E-state index in [9.17, 15) is 22.4 Å². The number of nitrogens with two attached hydrogens (primary N) is 1. The number of hydrogen-bond donors (Lipinski definition) is 2. The standard InChI is InChI=1S/C16H12F4N6O2/c1-26-10(4-5-23-26)15(27)25-12-7-22-13(14(21)24-12)9-6-8(17)2-3-11(9)28-16(18,19)20/h2-7H,1H3,(H3,21,24,25,27). The number of ether oxygens (including phenoxy) is 1. The lowest BCUT2D eigenvalue weighted by molar-refractivity contribution is -0.274. The zero-order chi connectivity index (χ0) is 20.5. The minimum atomic E-state index is -4.99. The Balaban J connectivity index is 1.92. The van der Waals surface area contributed by atoms with Crippen molar-refractivity contribution in [3.63, 3.8) is 0 Å². The monoisotopic (exact) mass is 396 g/mol. The van der Waals surface area contributed by atoms with Crippen molar-refractivity contribution in [3.05, 3.63) is 48.2 Å². The van der Waals surface area contributed by atoms with Gasteiger partial charge >= 0.3 is 6.36 Å². The maximum atomic E-state index is 13.6. The molecule has 0 bridgehead atoms. The fraction of sp³-hybridized carbons (Fsp3) is 0.125. The Morgan fingerprint density at radius 3 is 2.64 bits per heavy atom. The number of halogens is 4. The first-order chi connectivity index (χ1) is 13.1. The molecular weight excluding hydrogens is 384 g/mol. The van der Waals surface area contributed by atoms with Crippen molar-refractivity contribution in [2.75, 3.05) is 11.1 Å². The van der Waals surface area contributed by atoms with Gasteiger partial charge in [0.2, 0.25) is 0 Å². The molecule has 0 unspecified atom stereocenters. The van der Waals surface area contributed by atoms with Crippen molar-refractivity contribution in [1.82, 2.24) is 19.7 Å². The number of aryl methyl sites for hydroxylation is 1. The van der Waals surface area contributed by atoms with E-state index in [0.717, 1.165) is 24.4 Å². The van der Waals surface area contributed by atoms with E-state index in [1.807, 2.05) is 0 Å². The smallest absolute Gasteiger partial charge is 0.405 e. The molecule has 28 heavy (non-hydrogen) atoms. The number of nitrogens with zero attached hydrogens (tertiary/aromatic N) is 4. The van der Waals surface area contributed by atoms with Crippen LogP contribution in [0.5, 0.6) is 5.75 Å². The van der Waals surface area contributed by atoms with E-state index >= 15 is 0 Å². The summed E-state index contributed by atoms with van der Waals surface area (Å²) in [6.07, 6.45) is -2.50. The van der Waals surface area contributed by atoms with Crippen molar-refractivity contribution >= 4 is 17.5 Å². The molecule has 2 heterocycles. The second-order valence-electron chi connectivity index (χ2n) is 5.47. The van der Waals surface area contributed by atoms with Crippen LogP contribution in [0.2, 0.25) is 0 Å². The number of anilines is 2. The fourth-order valence-corrected chi connectivity index (χ4v) is 2.35. The van der Waals surface area contributed by atoms with Gasteiger partial charge in [-0.3, -0.25) is 9.48 Å². The number of amides is 1. The van der Waals surface area contributed by atoms with Gasteiger partial charge in [0.25, 0.3) is 5.91 Å². The van der Waals surface area contributed by atoms with E-state index in [-0.39, 0.29) is 28.6 Å². The third-order valence-corrected chi connectivity index (χ3v) is 3.52. The molecule has 0 aliphatic carbocycles. The van der Waals surface area contributed by atoms with Gasteiger partial charge in [-0.1, -0.05) is 0 Å². The van der Waals surface area contributed by atoms with Crippen LogP contribution >= 0.6 is 0 Å². The number of rotatable bonds is 4. The first-order valence-corrected chi connectivity index (χ1v) is 7.61. The van der Waals surface area contributed by atoms with Crippen molar-refractivity contribution in [3.8, 4) is 17.0 Å². The van der Waals surface area contributed by atoms with E-state index in [2.05, 4.69) is 25.1 Å². The molecule has 3 aromatic rings. The van der Waals surface area contributed by atoms with Crippen LogP contribution in [0.3, 0.4) is 0 Å². The zero-order valence-corrected chi connectivity index (χ0v) is 14.2. The molecule has 0 aliphatic rings. The van der Waals surface area contributed by atoms with Crippen LogP contribution in [-0.4, -0.2) is 32.0 Å². The lowest BCUT2D eigenvalue weighted by Crippen LogP contribution is -2.18. The number of hydrogen-bond acceptors (Lipinski definition) is 6. The Kier molecular flexibility index (Phi) is 4.86. The molecule has 0 spiro atoms. The molecule has 0 atom stereocenters. The summed E-state index contributed by atoms with van der Waals surface area (Å²) in [5.41, 5.74) is 5.41. The molecule has 3 rings (SSSR count). The molecule has 0 aliphatic heterocycles. The zero-order valence-electron chi connectivity index (χ0n) is 14.2. The number of alkyl halides is 3. The Labute approximate surface area is 155 Å². The summed E-state index contributed by atoms with van der Waals surface area (Å²) in [6.45, 7) is 0. The van der Waals surface area contributed by atoms with Crippen LogP contribution in [0.25, 0.3) is 11.3 Å². The van der Waals surface area contributed by atoms with Crippen LogP contribution in [0.4, 0.5) is 29.2 Å². The first kappa shape index (κ1) is 19.1. The number of carbonyl (C=O) groups excluding carboxylic acids is 1.